The Morgan fingerprint density at radius 3 is 2.72 bits per heavy atom. The van der Waals surface area contributed by atoms with Crippen molar-refractivity contribution in [2.24, 2.45) is 5.92 Å². The van der Waals surface area contributed by atoms with Crippen molar-refractivity contribution in [1.29, 1.82) is 0 Å². The number of hydrogen-bond acceptors (Lipinski definition) is 4. The molecular formula is C23H28N4OS. The molecule has 4 rings (SSSR count). The second kappa shape index (κ2) is 9.01. The van der Waals surface area contributed by atoms with Crippen LogP contribution >= 0.6 is 11.8 Å². The Morgan fingerprint density at radius 1 is 1.17 bits per heavy atom. The lowest BCUT2D eigenvalue weighted by Crippen LogP contribution is -2.38. The quantitative estimate of drug-likeness (QED) is 0.626. The maximum atomic E-state index is 12.8. The third-order valence-corrected chi connectivity index (χ3v) is 6.60. The van der Waals surface area contributed by atoms with Crippen LogP contribution in [0.2, 0.25) is 0 Å². The van der Waals surface area contributed by atoms with E-state index in [1.807, 2.05) is 47.5 Å². The summed E-state index contributed by atoms with van der Waals surface area (Å²) in [4.78, 5) is 21.2. The van der Waals surface area contributed by atoms with Gasteiger partial charge in [-0.3, -0.25) is 14.1 Å². The number of imidazole rings is 1. The number of carbonyl (C=O) groups is 1. The summed E-state index contributed by atoms with van der Waals surface area (Å²) >= 11 is 1.82. The average molecular weight is 409 g/mol. The Labute approximate surface area is 176 Å². The van der Waals surface area contributed by atoms with Gasteiger partial charge in [0.15, 0.2) is 0 Å². The first kappa shape index (κ1) is 20.0. The van der Waals surface area contributed by atoms with Crippen LogP contribution in [0.3, 0.4) is 0 Å². The van der Waals surface area contributed by atoms with E-state index in [9.17, 15) is 4.79 Å². The molecule has 3 aromatic rings. The lowest BCUT2D eigenvalue weighted by Gasteiger charge is -2.32. The van der Waals surface area contributed by atoms with Crippen molar-refractivity contribution < 1.29 is 4.79 Å². The number of carbonyl (C=O) groups excluding carboxylic acids is 1. The van der Waals surface area contributed by atoms with Crippen molar-refractivity contribution in [2.45, 2.75) is 31.2 Å². The van der Waals surface area contributed by atoms with Crippen LogP contribution in [0.4, 0.5) is 0 Å². The third-order valence-electron chi connectivity index (χ3n) is 5.76. The van der Waals surface area contributed by atoms with Crippen LogP contribution in [-0.4, -0.2) is 46.1 Å². The van der Waals surface area contributed by atoms with Crippen LogP contribution in [0.15, 0.2) is 53.6 Å². The number of nitrogens with zero attached hydrogens (tertiary/aromatic N) is 3. The molecule has 3 heterocycles. The van der Waals surface area contributed by atoms with Crippen LogP contribution in [0.25, 0.3) is 5.65 Å². The number of hydrogen-bond donors (Lipinski definition) is 1. The van der Waals surface area contributed by atoms with Crippen LogP contribution in [0.1, 0.15) is 34.6 Å². The van der Waals surface area contributed by atoms with Crippen LogP contribution in [0, 0.1) is 12.8 Å². The number of piperidine rings is 1. The van der Waals surface area contributed by atoms with Crippen LogP contribution < -0.4 is 5.32 Å². The molecule has 0 atom stereocenters. The normalized spacial score (nSPS) is 15.7. The van der Waals surface area contributed by atoms with Gasteiger partial charge >= 0.3 is 0 Å². The third kappa shape index (κ3) is 4.49. The van der Waals surface area contributed by atoms with Crippen molar-refractivity contribution in [3.8, 4) is 0 Å². The molecule has 152 valence electrons. The van der Waals surface area contributed by atoms with E-state index in [-0.39, 0.29) is 5.91 Å². The minimum Gasteiger partial charge on any atom is -0.350 e. The topological polar surface area (TPSA) is 49.6 Å². The highest BCUT2D eigenvalue weighted by molar-refractivity contribution is 7.98. The first-order valence-corrected chi connectivity index (χ1v) is 11.4. The summed E-state index contributed by atoms with van der Waals surface area (Å²) in [5.74, 6) is 0.503. The predicted molar refractivity (Wildman–Crippen MR) is 118 cm³/mol. The van der Waals surface area contributed by atoms with E-state index in [2.05, 4.69) is 45.7 Å². The highest BCUT2D eigenvalue weighted by Crippen LogP contribution is 2.24. The maximum Gasteiger partial charge on any atom is 0.270 e. The Kier molecular flexibility index (Phi) is 6.21. The van der Waals surface area contributed by atoms with E-state index in [4.69, 9.17) is 0 Å². The molecule has 0 unspecified atom stereocenters. The molecule has 1 fully saturated rings. The molecule has 0 bridgehead atoms. The smallest absolute Gasteiger partial charge is 0.270 e. The van der Waals surface area contributed by atoms with E-state index < -0.39 is 0 Å². The maximum absolute atomic E-state index is 12.8. The zero-order valence-corrected chi connectivity index (χ0v) is 17.9. The monoisotopic (exact) mass is 408 g/mol. The van der Waals surface area contributed by atoms with Crippen molar-refractivity contribution in [1.82, 2.24) is 19.6 Å². The fraction of sp³-hybridized carbons (Fsp3) is 0.391. The number of aromatic nitrogens is 2. The Morgan fingerprint density at radius 2 is 1.93 bits per heavy atom. The Balaban J connectivity index is 1.30. The predicted octanol–water partition coefficient (Wildman–Crippen LogP) is 4.01. The summed E-state index contributed by atoms with van der Waals surface area (Å²) in [6.07, 6.45) is 6.27. The SMILES string of the molecule is CSc1ccccc1CN1CCC(CNC(=O)c2c(C)nc3ccccn23)CC1. The number of thioether (sulfide) groups is 1. The highest BCUT2D eigenvalue weighted by Gasteiger charge is 2.22. The lowest BCUT2D eigenvalue weighted by atomic mass is 9.96. The minimum atomic E-state index is -0.0301. The minimum absolute atomic E-state index is 0.0301. The largest absolute Gasteiger partial charge is 0.350 e. The molecule has 0 radical (unpaired) electrons. The standard InChI is InChI=1S/C23H28N4OS/c1-17-22(27-12-6-5-9-21(27)25-17)23(28)24-15-18-10-13-26(14-11-18)16-19-7-3-4-8-20(19)29-2/h3-9,12,18H,10-11,13-16H2,1-2H3,(H,24,28). The number of benzene rings is 1. The Hall–Kier alpha value is -2.31. The Bertz CT molecular complexity index is 991. The average Bonchev–Trinajstić information content (AvgIpc) is 3.09. The number of pyridine rings is 1. The van der Waals surface area contributed by atoms with Gasteiger partial charge in [0.05, 0.1) is 5.69 Å². The van der Waals surface area contributed by atoms with Gasteiger partial charge in [-0.2, -0.15) is 0 Å². The molecule has 1 aromatic carbocycles. The molecule has 2 aromatic heterocycles. The van der Waals surface area contributed by atoms with Crippen LogP contribution in [0.5, 0.6) is 0 Å². The van der Waals surface area contributed by atoms with Gasteiger partial charge in [-0.05, 0) is 68.8 Å². The molecule has 29 heavy (non-hydrogen) atoms. The zero-order valence-electron chi connectivity index (χ0n) is 17.1. The van der Waals surface area contributed by atoms with Gasteiger partial charge in [0.1, 0.15) is 11.3 Å². The first-order valence-electron chi connectivity index (χ1n) is 10.2. The summed E-state index contributed by atoms with van der Waals surface area (Å²) < 4.78 is 1.87. The van der Waals surface area contributed by atoms with E-state index in [0.717, 1.165) is 50.4 Å². The van der Waals surface area contributed by atoms with Crippen molar-refractivity contribution in [3.63, 3.8) is 0 Å². The molecule has 1 amide bonds. The molecule has 1 aliphatic heterocycles. The van der Waals surface area contributed by atoms with E-state index >= 15 is 0 Å². The summed E-state index contributed by atoms with van der Waals surface area (Å²) in [5.41, 5.74) is 3.64. The number of rotatable bonds is 6. The lowest BCUT2D eigenvalue weighted by molar-refractivity contribution is 0.0928. The molecular weight excluding hydrogens is 380 g/mol. The molecule has 1 saturated heterocycles. The van der Waals surface area contributed by atoms with Crippen molar-refractivity contribution in [2.75, 3.05) is 25.9 Å². The van der Waals surface area contributed by atoms with Gasteiger partial charge in [0, 0.05) is 24.2 Å². The zero-order chi connectivity index (χ0) is 20.2. The number of nitrogens with one attached hydrogen (secondary N) is 1. The first-order chi connectivity index (χ1) is 14.2. The van der Waals surface area contributed by atoms with Gasteiger partial charge in [0.2, 0.25) is 0 Å². The molecule has 0 aliphatic carbocycles. The molecule has 1 N–H and O–H groups in total. The number of fused-ring (bicyclic) bond motifs is 1. The second-order valence-corrected chi connectivity index (χ2v) is 8.56. The molecule has 0 saturated carbocycles. The van der Waals surface area contributed by atoms with Crippen molar-refractivity contribution in [3.05, 3.63) is 65.6 Å². The molecule has 6 heteroatoms. The van der Waals surface area contributed by atoms with Gasteiger partial charge in [-0.25, -0.2) is 4.98 Å². The highest BCUT2D eigenvalue weighted by atomic mass is 32.2. The van der Waals surface area contributed by atoms with Crippen molar-refractivity contribution >= 4 is 23.3 Å². The van der Waals surface area contributed by atoms with E-state index in [1.165, 1.54) is 10.5 Å². The van der Waals surface area contributed by atoms with Gasteiger partial charge in [-0.15, -0.1) is 11.8 Å². The molecule has 1 aliphatic rings. The van der Waals surface area contributed by atoms with Gasteiger partial charge in [0.25, 0.3) is 5.91 Å². The van der Waals surface area contributed by atoms with Crippen LogP contribution in [-0.2, 0) is 6.54 Å². The van der Waals surface area contributed by atoms with Gasteiger partial charge < -0.3 is 5.32 Å². The number of aryl methyl sites for hydroxylation is 1. The molecule has 0 spiro atoms. The van der Waals surface area contributed by atoms with E-state index in [1.54, 1.807) is 0 Å². The summed E-state index contributed by atoms with van der Waals surface area (Å²) in [6.45, 7) is 5.80. The molecule has 5 nitrogen and oxygen atoms in total. The summed E-state index contributed by atoms with van der Waals surface area (Å²) in [7, 11) is 0. The fourth-order valence-corrected chi connectivity index (χ4v) is 4.74. The fourth-order valence-electron chi connectivity index (χ4n) is 4.13. The van der Waals surface area contributed by atoms with Gasteiger partial charge in [-0.1, -0.05) is 24.3 Å². The second-order valence-electron chi connectivity index (χ2n) is 7.72. The number of amides is 1. The summed E-state index contributed by atoms with van der Waals surface area (Å²) in [6, 6.07) is 14.5. The summed E-state index contributed by atoms with van der Waals surface area (Å²) in [5, 5.41) is 3.15. The number of likely N-dealkylation sites (tertiary alicyclic amines) is 1. The van der Waals surface area contributed by atoms with E-state index in [0.29, 0.717) is 11.6 Å².